The summed E-state index contributed by atoms with van der Waals surface area (Å²) in [5.74, 6) is -1.85. The van der Waals surface area contributed by atoms with Crippen LogP contribution in [0.2, 0.25) is 0 Å². The first-order valence-electron chi connectivity index (χ1n) is 15.0. The highest BCUT2D eigenvalue weighted by Gasteiger charge is 2.30. The van der Waals surface area contributed by atoms with Gasteiger partial charge in [0, 0.05) is 59.7 Å². The van der Waals surface area contributed by atoms with Gasteiger partial charge in [0.1, 0.15) is 35.4 Å². The number of methoxy groups -OCH3 is 1. The van der Waals surface area contributed by atoms with Crippen LogP contribution in [0.15, 0.2) is 54.6 Å². The van der Waals surface area contributed by atoms with E-state index in [1.54, 1.807) is 11.1 Å². The quantitative estimate of drug-likeness (QED) is 0.175. The molecule has 13 heteroatoms. The number of halogens is 2. The molecule has 4 aromatic heterocycles. The maximum absolute atomic E-state index is 16.0. The molecule has 2 amide bonds. The molecule has 5 aromatic rings. The highest BCUT2D eigenvalue weighted by molar-refractivity contribution is 7.18. The Bertz CT molecular complexity index is 2080. The molecule has 1 atom stereocenters. The van der Waals surface area contributed by atoms with E-state index < -0.39 is 11.6 Å². The normalized spacial score (nSPS) is 15.7. The lowest BCUT2D eigenvalue weighted by Crippen LogP contribution is -2.39. The first-order chi connectivity index (χ1) is 22.7. The zero-order chi connectivity index (χ0) is 32.8. The summed E-state index contributed by atoms with van der Waals surface area (Å²) >= 11 is 1.39. The van der Waals surface area contributed by atoms with Crippen LogP contribution < -0.4 is 10.1 Å². The zero-order valence-electron chi connectivity index (χ0n) is 25.7. The minimum absolute atomic E-state index is 0.0105. The van der Waals surface area contributed by atoms with Gasteiger partial charge in [0.25, 0.3) is 0 Å². The number of fused-ring (bicyclic) bond motifs is 3. The molecule has 0 saturated heterocycles. The van der Waals surface area contributed by atoms with Crippen molar-refractivity contribution >= 4 is 33.2 Å². The SMILES string of the molecule is C=CC(=O)N1Cc2cc(-c3nc(-c4cnc5c(c4)CNC(=O)C5)c4ccsc4c3-c3c(F)cc(F)cc3OCCOC)nn2C(C)C1. The minimum atomic E-state index is -0.811. The van der Waals surface area contributed by atoms with Gasteiger partial charge >= 0.3 is 0 Å². The smallest absolute Gasteiger partial charge is 0.246 e. The third-order valence-corrected chi connectivity index (χ3v) is 9.29. The molecule has 6 heterocycles. The van der Waals surface area contributed by atoms with Crippen LogP contribution in [0.25, 0.3) is 43.9 Å². The standard InChI is InChI=1S/C34H30F2N6O4S/c1-4-29(44)41-16-18(2)42-22(17-41)12-26(40-42)33-31(30-24(36)10-21(35)11-27(30)46-7-6-45-3)34-23(5-8-47-34)32(39-33)20-9-19-14-38-28(43)13-25(19)37-15-20/h4-5,8-12,15,18H,1,6-7,13-14,16-17H2,2-3H3,(H,38,43). The highest BCUT2D eigenvalue weighted by atomic mass is 32.1. The lowest BCUT2D eigenvalue weighted by Gasteiger charge is -2.31. The van der Waals surface area contributed by atoms with Gasteiger partial charge in [-0.15, -0.1) is 11.3 Å². The van der Waals surface area contributed by atoms with E-state index >= 15 is 4.39 Å². The van der Waals surface area contributed by atoms with Crippen molar-refractivity contribution in [2.24, 2.45) is 0 Å². The number of rotatable bonds is 8. The molecule has 0 fully saturated rings. The Morgan fingerprint density at radius 3 is 2.85 bits per heavy atom. The second kappa shape index (κ2) is 12.3. The van der Waals surface area contributed by atoms with Gasteiger partial charge in [0.2, 0.25) is 11.8 Å². The van der Waals surface area contributed by atoms with Crippen molar-refractivity contribution in [2.75, 3.05) is 26.9 Å². The van der Waals surface area contributed by atoms with Crippen LogP contribution in [0.5, 0.6) is 5.75 Å². The summed E-state index contributed by atoms with van der Waals surface area (Å²) in [6.07, 6.45) is 3.18. The summed E-state index contributed by atoms with van der Waals surface area (Å²) in [4.78, 5) is 35.9. The van der Waals surface area contributed by atoms with Gasteiger partial charge in [-0.3, -0.25) is 19.3 Å². The molecule has 240 valence electrons. The van der Waals surface area contributed by atoms with E-state index in [1.807, 2.05) is 35.2 Å². The number of thiophene rings is 1. The van der Waals surface area contributed by atoms with Gasteiger partial charge in [0.15, 0.2) is 0 Å². The van der Waals surface area contributed by atoms with Crippen LogP contribution in [0, 0.1) is 11.6 Å². The minimum Gasteiger partial charge on any atom is -0.490 e. The van der Waals surface area contributed by atoms with E-state index in [4.69, 9.17) is 19.6 Å². The molecular weight excluding hydrogens is 626 g/mol. The maximum atomic E-state index is 16.0. The third-order valence-electron chi connectivity index (χ3n) is 8.36. The Kier molecular flexibility index (Phi) is 8.02. The van der Waals surface area contributed by atoms with Crippen LogP contribution in [-0.4, -0.2) is 63.3 Å². The Labute approximate surface area is 272 Å². The molecule has 1 N–H and O–H groups in total. The molecule has 2 aliphatic heterocycles. The van der Waals surface area contributed by atoms with Crippen molar-refractivity contribution in [1.82, 2.24) is 30.0 Å². The fourth-order valence-electron chi connectivity index (χ4n) is 6.19. The average Bonchev–Trinajstić information content (AvgIpc) is 3.72. The van der Waals surface area contributed by atoms with Crippen LogP contribution >= 0.6 is 11.3 Å². The van der Waals surface area contributed by atoms with Crippen molar-refractivity contribution in [3.63, 3.8) is 0 Å². The van der Waals surface area contributed by atoms with Gasteiger partial charge in [-0.05, 0) is 42.1 Å². The number of nitrogens with one attached hydrogen (secondary N) is 1. The van der Waals surface area contributed by atoms with Crippen molar-refractivity contribution in [2.45, 2.75) is 32.5 Å². The lowest BCUT2D eigenvalue weighted by molar-refractivity contribution is -0.128. The summed E-state index contributed by atoms with van der Waals surface area (Å²) in [5, 5.41) is 10.4. The maximum Gasteiger partial charge on any atom is 0.246 e. The third kappa shape index (κ3) is 5.55. The summed E-state index contributed by atoms with van der Waals surface area (Å²) in [5.41, 5.74) is 4.95. The summed E-state index contributed by atoms with van der Waals surface area (Å²) in [6, 6.07) is 7.55. The number of ether oxygens (including phenoxy) is 2. The van der Waals surface area contributed by atoms with E-state index in [0.29, 0.717) is 58.2 Å². The molecule has 1 aromatic carbocycles. The summed E-state index contributed by atoms with van der Waals surface area (Å²) < 4.78 is 44.2. The number of hydrogen-bond acceptors (Lipinski definition) is 8. The van der Waals surface area contributed by atoms with E-state index in [0.717, 1.165) is 28.8 Å². The highest BCUT2D eigenvalue weighted by Crippen LogP contribution is 2.47. The van der Waals surface area contributed by atoms with Gasteiger partial charge < -0.3 is 19.7 Å². The van der Waals surface area contributed by atoms with Crippen molar-refractivity contribution in [3.05, 3.63) is 83.1 Å². The number of benzene rings is 1. The molecule has 7 rings (SSSR count). The van der Waals surface area contributed by atoms with E-state index in [9.17, 15) is 14.0 Å². The molecule has 0 aliphatic carbocycles. The first-order valence-corrected chi connectivity index (χ1v) is 15.9. The molecule has 1 unspecified atom stereocenters. The largest absolute Gasteiger partial charge is 0.490 e. The van der Waals surface area contributed by atoms with Crippen LogP contribution in [0.3, 0.4) is 0 Å². The van der Waals surface area contributed by atoms with E-state index in [2.05, 4.69) is 16.9 Å². The summed E-state index contributed by atoms with van der Waals surface area (Å²) in [6.45, 7) is 6.97. The Balaban J connectivity index is 1.48. The van der Waals surface area contributed by atoms with Gasteiger partial charge in [-0.2, -0.15) is 5.10 Å². The van der Waals surface area contributed by atoms with Gasteiger partial charge in [-0.1, -0.05) is 6.58 Å². The summed E-state index contributed by atoms with van der Waals surface area (Å²) in [7, 11) is 1.51. The van der Waals surface area contributed by atoms with Crippen LogP contribution in [0.4, 0.5) is 8.78 Å². The Morgan fingerprint density at radius 1 is 1.19 bits per heavy atom. The predicted molar refractivity (Wildman–Crippen MR) is 173 cm³/mol. The predicted octanol–water partition coefficient (Wildman–Crippen LogP) is 5.45. The number of hydrogen-bond donors (Lipinski definition) is 1. The molecule has 47 heavy (non-hydrogen) atoms. The number of amides is 2. The first kappa shape index (κ1) is 30.6. The molecule has 0 radical (unpaired) electrons. The second-order valence-corrected chi connectivity index (χ2v) is 12.4. The Morgan fingerprint density at radius 2 is 2.04 bits per heavy atom. The van der Waals surface area contributed by atoms with Gasteiger partial charge in [-0.25, -0.2) is 13.8 Å². The second-order valence-electron chi connectivity index (χ2n) is 11.5. The molecule has 10 nitrogen and oxygen atoms in total. The van der Waals surface area contributed by atoms with Crippen LogP contribution in [0.1, 0.15) is 29.9 Å². The van der Waals surface area contributed by atoms with E-state index in [-0.39, 0.29) is 48.8 Å². The number of carbonyl (C=O) groups is 2. The fourth-order valence-corrected chi connectivity index (χ4v) is 7.14. The monoisotopic (exact) mass is 656 g/mol. The molecule has 2 aliphatic rings. The molecule has 0 saturated carbocycles. The van der Waals surface area contributed by atoms with E-state index in [1.165, 1.54) is 24.5 Å². The number of carbonyl (C=O) groups excluding carboxylic acids is 2. The van der Waals surface area contributed by atoms with Crippen molar-refractivity contribution in [1.29, 1.82) is 0 Å². The number of pyridine rings is 2. The zero-order valence-corrected chi connectivity index (χ0v) is 26.5. The van der Waals surface area contributed by atoms with Crippen molar-refractivity contribution in [3.8, 4) is 39.5 Å². The molecule has 0 spiro atoms. The molecular formula is C34H30F2N6O4S. The van der Waals surface area contributed by atoms with Crippen LogP contribution in [-0.2, 0) is 33.8 Å². The van der Waals surface area contributed by atoms with Crippen molar-refractivity contribution < 1.29 is 27.8 Å². The van der Waals surface area contributed by atoms with Gasteiger partial charge in [0.05, 0.1) is 48.3 Å². The average molecular weight is 657 g/mol. The Hall–Kier alpha value is -5.01. The lowest BCUT2D eigenvalue weighted by atomic mass is 9.96. The number of nitrogens with zero attached hydrogens (tertiary/aromatic N) is 5. The fraction of sp³-hybridized carbons (Fsp3) is 0.265. The topological polar surface area (TPSA) is 111 Å². The number of aromatic nitrogens is 4. The molecule has 0 bridgehead atoms.